The van der Waals surface area contributed by atoms with E-state index in [-0.39, 0.29) is 37.0 Å². The first-order chi connectivity index (χ1) is 25.2. The van der Waals surface area contributed by atoms with Gasteiger partial charge >= 0.3 is 5.97 Å². The molecule has 5 amide bonds. The molecular formula is C39H56N6O8. The van der Waals surface area contributed by atoms with Crippen molar-refractivity contribution in [3.05, 3.63) is 65.7 Å². The number of nitrogens with zero attached hydrogens (tertiary/aromatic N) is 1. The molecule has 1 heterocycles. The summed E-state index contributed by atoms with van der Waals surface area (Å²) in [7, 11) is 0. The van der Waals surface area contributed by atoms with Crippen LogP contribution in [0.2, 0.25) is 0 Å². The number of nitrogens with one attached hydrogen (secondary N) is 4. The average molecular weight is 737 g/mol. The second-order valence-corrected chi connectivity index (χ2v) is 14.2. The maximum atomic E-state index is 14.0. The van der Waals surface area contributed by atoms with E-state index in [1.165, 1.54) is 17.0 Å². The molecule has 1 aliphatic rings. The van der Waals surface area contributed by atoms with Crippen LogP contribution in [0.15, 0.2) is 54.6 Å². The van der Waals surface area contributed by atoms with Gasteiger partial charge in [0, 0.05) is 18.5 Å². The van der Waals surface area contributed by atoms with Crippen LogP contribution in [0, 0.1) is 11.8 Å². The number of benzene rings is 2. The number of phenolic OH excluding ortho intramolecular Hbond substituents is 1. The van der Waals surface area contributed by atoms with Crippen molar-refractivity contribution in [2.75, 3.05) is 13.1 Å². The first kappa shape index (κ1) is 42.4. The Labute approximate surface area is 311 Å². The molecule has 0 bridgehead atoms. The van der Waals surface area contributed by atoms with Crippen molar-refractivity contribution in [3.8, 4) is 5.75 Å². The summed E-state index contributed by atoms with van der Waals surface area (Å²) in [5.41, 5.74) is 6.70. The van der Waals surface area contributed by atoms with Gasteiger partial charge in [-0.25, -0.2) is 4.79 Å². The molecule has 6 atom stereocenters. The first-order valence-electron chi connectivity index (χ1n) is 18.5. The lowest BCUT2D eigenvalue weighted by molar-refractivity contribution is -0.143. The van der Waals surface area contributed by atoms with Crippen LogP contribution in [0.5, 0.6) is 5.75 Å². The summed E-state index contributed by atoms with van der Waals surface area (Å²) in [4.78, 5) is 81.9. The number of hydrogen-bond donors (Lipinski definition) is 7. The van der Waals surface area contributed by atoms with Crippen LogP contribution in [0.3, 0.4) is 0 Å². The number of carbonyl (C=O) groups is 6. The molecule has 0 spiro atoms. The number of likely N-dealkylation sites (tertiary alicyclic amines) is 1. The van der Waals surface area contributed by atoms with E-state index < -0.39 is 65.7 Å². The number of aromatic hydroxyl groups is 1. The fraction of sp³-hybridized carbons (Fsp3) is 0.538. The van der Waals surface area contributed by atoms with E-state index in [0.29, 0.717) is 56.2 Å². The maximum absolute atomic E-state index is 14.0. The molecule has 0 aliphatic carbocycles. The van der Waals surface area contributed by atoms with E-state index in [0.717, 1.165) is 0 Å². The molecule has 0 saturated carbocycles. The predicted molar refractivity (Wildman–Crippen MR) is 199 cm³/mol. The average Bonchev–Trinajstić information content (AvgIpc) is 3.63. The molecule has 2 aromatic carbocycles. The van der Waals surface area contributed by atoms with Gasteiger partial charge < -0.3 is 42.1 Å². The van der Waals surface area contributed by atoms with Crippen LogP contribution >= 0.6 is 0 Å². The van der Waals surface area contributed by atoms with Crippen molar-refractivity contribution >= 4 is 35.5 Å². The number of carboxylic acid groups (broad SMARTS) is 1. The van der Waals surface area contributed by atoms with Crippen molar-refractivity contribution in [1.82, 2.24) is 26.2 Å². The zero-order chi connectivity index (χ0) is 39.1. The van der Waals surface area contributed by atoms with Gasteiger partial charge in [0.25, 0.3) is 5.91 Å². The van der Waals surface area contributed by atoms with Gasteiger partial charge in [0.05, 0.1) is 0 Å². The number of nitrogens with two attached hydrogens (primary N) is 1. The molecule has 3 rings (SSSR count). The lowest BCUT2D eigenvalue weighted by Gasteiger charge is -2.31. The van der Waals surface area contributed by atoms with E-state index in [1.807, 2.05) is 20.8 Å². The van der Waals surface area contributed by atoms with Gasteiger partial charge in [-0.3, -0.25) is 24.0 Å². The molecule has 8 N–H and O–H groups in total. The Kier molecular flexibility index (Phi) is 16.7. The van der Waals surface area contributed by atoms with Crippen molar-refractivity contribution < 1.29 is 39.0 Å². The molecule has 1 aliphatic heterocycles. The van der Waals surface area contributed by atoms with Crippen LogP contribution < -0.4 is 27.0 Å². The maximum Gasteiger partial charge on any atom is 0.326 e. The Bertz CT molecular complexity index is 1540. The monoisotopic (exact) mass is 736 g/mol. The summed E-state index contributed by atoms with van der Waals surface area (Å²) in [6.07, 6.45) is 3.09. The number of unbranched alkanes of at least 4 members (excludes halogenated alkanes) is 1. The Hall–Kier alpha value is -4.98. The highest BCUT2D eigenvalue weighted by molar-refractivity contribution is 5.99. The molecule has 53 heavy (non-hydrogen) atoms. The number of rotatable bonds is 20. The molecule has 0 unspecified atom stereocenters. The van der Waals surface area contributed by atoms with E-state index in [2.05, 4.69) is 21.3 Å². The molecule has 1 saturated heterocycles. The molecule has 290 valence electrons. The van der Waals surface area contributed by atoms with E-state index >= 15 is 0 Å². The highest BCUT2D eigenvalue weighted by Crippen LogP contribution is 2.21. The Balaban J connectivity index is 1.85. The summed E-state index contributed by atoms with van der Waals surface area (Å²) in [5, 5.41) is 30.5. The van der Waals surface area contributed by atoms with Gasteiger partial charge in [-0.2, -0.15) is 0 Å². The number of phenols is 1. The number of aliphatic carboxylic acids is 1. The minimum absolute atomic E-state index is 0.00664. The Morgan fingerprint density at radius 2 is 1.53 bits per heavy atom. The highest BCUT2D eigenvalue weighted by Gasteiger charge is 2.39. The zero-order valence-corrected chi connectivity index (χ0v) is 31.2. The fourth-order valence-electron chi connectivity index (χ4n) is 6.34. The molecule has 0 radical (unpaired) electrons. The standard InChI is InChI=1S/C39H56N6O8/c1-5-25(4)33(37(50)43-31(39(52)53)22-24(2)3)44-35(48)30(23-26-16-18-28(46)19-17-26)42-36(49)32-15-11-21-45(32)38(51)29(14-9-10-20-40)41-34(47)27-12-7-6-8-13-27/h6-8,12-13,16-19,24-25,29-33,46H,5,9-11,14-15,20-23,40H2,1-4H3,(H,41,47)(H,42,49)(H,43,50)(H,44,48)(H,52,53)/t25-,29+,30+,31+,32+,33+/m1/s1. The van der Waals surface area contributed by atoms with Crippen molar-refractivity contribution in [1.29, 1.82) is 0 Å². The summed E-state index contributed by atoms with van der Waals surface area (Å²) < 4.78 is 0. The van der Waals surface area contributed by atoms with E-state index in [1.54, 1.807) is 49.4 Å². The molecule has 1 fully saturated rings. The minimum atomic E-state index is -1.20. The second-order valence-electron chi connectivity index (χ2n) is 14.2. The van der Waals surface area contributed by atoms with Gasteiger partial charge in [0.1, 0.15) is 36.0 Å². The number of carboxylic acids is 1. The number of amides is 5. The third-order valence-electron chi connectivity index (χ3n) is 9.55. The van der Waals surface area contributed by atoms with E-state index in [9.17, 15) is 39.0 Å². The summed E-state index contributed by atoms with van der Waals surface area (Å²) in [6.45, 7) is 7.98. The van der Waals surface area contributed by atoms with Gasteiger partial charge in [0.2, 0.25) is 23.6 Å². The lowest BCUT2D eigenvalue weighted by atomic mass is 9.96. The lowest BCUT2D eigenvalue weighted by Crippen LogP contribution is -2.60. The van der Waals surface area contributed by atoms with Gasteiger partial charge in [-0.05, 0) is 86.7 Å². The smallest absolute Gasteiger partial charge is 0.326 e. The first-order valence-corrected chi connectivity index (χ1v) is 18.5. The Morgan fingerprint density at radius 3 is 2.13 bits per heavy atom. The zero-order valence-electron chi connectivity index (χ0n) is 31.2. The topological polar surface area (TPSA) is 220 Å². The van der Waals surface area contributed by atoms with Gasteiger partial charge in [0.15, 0.2) is 0 Å². The van der Waals surface area contributed by atoms with Crippen LogP contribution in [0.4, 0.5) is 0 Å². The van der Waals surface area contributed by atoms with Crippen LogP contribution in [-0.4, -0.2) is 93.9 Å². The largest absolute Gasteiger partial charge is 0.508 e. The van der Waals surface area contributed by atoms with Crippen LogP contribution in [-0.2, 0) is 30.4 Å². The summed E-state index contributed by atoms with van der Waals surface area (Å²) in [6, 6.07) is 9.36. The second kappa shape index (κ2) is 20.9. The minimum Gasteiger partial charge on any atom is -0.508 e. The normalized spacial score (nSPS) is 16.9. The molecule has 14 heteroatoms. The third kappa shape index (κ3) is 12.9. The van der Waals surface area contributed by atoms with Crippen molar-refractivity contribution in [3.63, 3.8) is 0 Å². The molecule has 0 aromatic heterocycles. The highest BCUT2D eigenvalue weighted by atomic mass is 16.4. The van der Waals surface area contributed by atoms with Gasteiger partial charge in [-0.1, -0.05) is 64.4 Å². The summed E-state index contributed by atoms with van der Waals surface area (Å²) in [5.74, 6) is -4.29. The molecule has 2 aromatic rings. The quantitative estimate of drug-likeness (QED) is 0.0992. The SMILES string of the molecule is CC[C@@H](C)[C@H](NC(=O)[C@H](Cc1ccc(O)cc1)NC(=O)[C@@H]1CCCN1C(=O)[C@H](CCCCN)NC(=O)c1ccccc1)C(=O)N[C@@H](CC(C)C)C(=O)O. The van der Waals surface area contributed by atoms with Crippen molar-refractivity contribution in [2.45, 2.75) is 109 Å². The van der Waals surface area contributed by atoms with Crippen LogP contribution in [0.25, 0.3) is 0 Å². The number of carbonyl (C=O) groups excluding carboxylic acids is 5. The van der Waals surface area contributed by atoms with E-state index in [4.69, 9.17) is 5.73 Å². The summed E-state index contributed by atoms with van der Waals surface area (Å²) >= 11 is 0. The van der Waals surface area contributed by atoms with Gasteiger partial charge in [-0.15, -0.1) is 0 Å². The van der Waals surface area contributed by atoms with Crippen molar-refractivity contribution in [2.24, 2.45) is 17.6 Å². The number of hydrogen-bond acceptors (Lipinski definition) is 8. The molecule has 14 nitrogen and oxygen atoms in total. The third-order valence-corrected chi connectivity index (χ3v) is 9.55. The predicted octanol–water partition coefficient (Wildman–Crippen LogP) is 2.48. The Morgan fingerprint density at radius 1 is 0.849 bits per heavy atom. The van der Waals surface area contributed by atoms with Crippen LogP contribution in [0.1, 0.15) is 88.6 Å². The molecular weight excluding hydrogens is 680 g/mol. The fourth-order valence-corrected chi connectivity index (χ4v) is 6.34.